The molecule has 0 amide bonds. The van der Waals surface area contributed by atoms with Crippen LogP contribution in [0.15, 0.2) is 12.1 Å². The molecule has 0 aliphatic rings. The van der Waals surface area contributed by atoms with Gasteiger partial charge < -0.3 is 16.6 Å². The Morgan fingerprint density at radius 2 is 1.58 bits per heavy atom. The van der Waals surface area contributed by atoms with Gasteiger partial charge in [0.25, 0.3) is 0 Å². The highest BCUT2D eigenvalue weighted by atomic mass is 16.3. The van der Waals surface area contributed by atoms with Crippen molar-refractivity contribution in [2.75, 3.05) is 11.5 Å². The van der Waals surface area contributed by atoms with E-state index in [0.717, 1.165) is 11.5 Å². The lowest BCUT2D eigenvalue weighted by Crippen LogP contribution is -1.96. The van der Waals surface area contributed by atoms with Crippen LogP contribution in [-0.2, 0) is 0 Å². The van der Waals surface area contributed by atoms with Crippen LogP contribution in [0.3, 0.4) is 0 Å². The Morgan fingerprint density at radius 1 is 1.17 bits per heavy atom. The lowest BCUT2D eigenvalue weighted by atomic mass is 10.0. The van der Waals surface area contributed by atoms with Crippen LogP contribution in [0.25, 0.3) is 0 Å². The van der Waals surface area contributed by atoms with E-state index in [1.54, 1.807) is 12.1 Å². The summed E-state index contributed by atoms with van der Waals surface area (Å²) >= 11 is 0. The quantitative estimate of drug-likeness (QED) is 0.436. The minimum Gasteiger partial charge on any atom is -0.504 e. The third-order valence-corrected chi connectivity index (χ3v) is 1.75. The second-order valence-corrected chi connectivity index (χ2v) is 3.00. The molecule has 0 bridgehead atoms. The number of rotatable bonds is 1. The summed E-state index contributed by atoms with van der Waals surface area (Å²) in [5, 5.41) is 9.25. The summed E-state index contributed by atoms with van der Waals surface area (Å²) in [7, 11) is 0. The summed E-state index contributed by atoms with van der Waals surface area (Å²) in [5.41, 5.74) is 12.6. The SMILES string of the molecule is C[C](C)c1cc(N)c(O)c(N)c1. The molecule has 0 unspecified atom stereocenters. The predicted molar refractivity (Wildman–Crippen MR) is 50.6 cm³/mol. The van der Waals surface area contributed by atoms with E-state index >= 15 is 0 Å². The first kappa shape index (κ1) is 8.71. The first-order valence-electron chi connectivity index (χ1n) is 3.71. The number of nitrogen functional groups attached to an aromatic ring is 2. The summed E-state index contributed by atoms with van der Waals surface area (Å²) in [6, 6.07) is 3.42. The number of nitrogens with two attached hydrogens (primary N) is 2. The lowest BCUT2D eigenvalue weighted by molar-refractivity contribution is 0.480. The number of phenols is 1. The summed E-state index contributed by atoms with van der Waals surface area (Å²) in [5.74, 6) is 1.09. The first-order chi connectivity index (χ1) is 5.52. The standard InChI is InChI=1S/C9H13N2O/c1-5(2)6-3-7(10)9(12)8(11)4-6/h3-4,12H,10-11H2,1-2H3. The molecule has 0 saturated heterocycles. The Kier molecular flexibility index (Phi) is 2.13. The zero-order chi connectivity index (χ0) is 9.30. The molecular formula is C9H13N2O. The molecule has 1 aromatic rings. The maximum Gasteiger partial charge on any atom is 0.161 e. The molecule has 0 fully saturated rings. The van der Waals surface area contributed by atoms with E-state index in [1.165, 1.54) is 0 Å². The molecule has 0 aromatic heterocycles. The van der Waals surface area contributed by atoms with Crippen molar-refractivity contribution in [2.45, 2.75) is 13.8 Å². The third kappa shape index (κ3) is 1.44. The van der Waals surface area contributed by atoms with Gasteiger partial charge in [0.15, 0.2) is 5.75 Å². The highest BCUT2D eigenvalue weighted by Crippen LogP contribution is 2.31. The number of hydrogen-bond acceptors (Lipinski definition) is 3. The first-order valence-corrected chi connectivity index (χ1v) is 3.71. The second-order valence-electron chi connectivity index (χ2n) is 3.00. The van der Waals surface area contributed by atoms with Crippen LogP contribution >= 0.6 is 0 Å². The molecule has 0 heterocycles. The zero-order valence-electron chi connectivity index (χ0n) is 7.26. The average Bonchev–Trinajstić information content (AvgIpc) is 1.99. The summed E-state index contributed by atoms with van der Waals surface area (Å²) in [6.07, 6.45) is 0. The molecule has 12 heavy (non-hydrogen) atoms. The van der Waals surface area contributed by atoms with Gasteiger partial charge in [0, 0.05) is 0 Å². The van der Waals surface area contributed by atoms with Crippen LogP contribution in [0.1, 0.15) is 19.4 Å². The molecule has 65 valence electrons. The van der Waals surface area contributed by atoms with Crippen LogP contribution in [0.2, 0.25) is 0 Å². The molecule has 1 radical (unpaired) electrons. The van der Waals surface area contributed by atoms with Gasteiger partial charge in [-0.05, 0) is 23.6 Å². The highest BCUT2D eigenvalue weighted by molar-refractivity contribution is 5.69. The smallest absolute Gasteiger partial charge is 0.161 e. The molecule has 5 N–H and O–H groups in total. The van der Waals surface area contributed by atoms with Crippen molar-refractivity contribution in [3.05, 3.63) is 23.6 Å². The largest absolute Gasteiger partial charge is 0.504 e. The van der Waals surface area contributed by atoms with Gasteiger partial charge in [0.05, 0.1) is 11.4 Å². The topological polar surface area (TPSA) is 72.3 Å². The van der Waals surface area contributed by atoms with Crippen LogP contribution in [0, 0.1) is 5.92 Å². The van der Waals surface area contributed by atoms with Crippen molar-refractivity contribution in [1.29, 1.82) is 0 Å². The number of anilines is 2. The van der Waals surface area contributed by atoms with Crippen molar-refractivity contribution in [3.63, 3.8) is 0 Å². The van der Waals surface area contributed by atoms with Crippen molar-refractivity contribution in [1.82, 2.24) is 0 Å². The average molecular weight is 165 g/mol. The van der Waals surface area contributed by atoms with E-state index in [0.29, 0.717) is 11.4 Å². The van der Waals surface area contributed by atoms with E-state index in [1.807, 2.05) is 13.8 Å². The predicted octanol–water partition coefficient (Wildman–Crippen LogP) is 1.52. The molecular weight excluding hydrogens is 152 g/mol. The fraction of sp³-hybridized carbons (Fsp3) is 0.222. The van der Waals surface area contributed by atoms with Crippen LogP contribution < -0.4 is 11.5 Å². The van der Waals surface area contributed by atoms with Crippen molar-refractivity contribution < 1.29 is 5.11 Å². The molecule has 1 rings (SSSR count). The highest BCUT2D eigenvalue weighted by Gasteiger charge is 2.06. The molecule has 3 heteroatoms. The van der Waals surface area contributed by atoms with Gasteiger partial charge in [-0.25, -0.2) is 0 Å². The number of benzene rings is 1. The molecule has 0 spiro atoms. The van der Waals surface area contributed by atoms with Gasteiger partial charge in [-0.3, -0.25) is 0 Å². The van der Waals surface area contributed by atoms with Crippen LogP contribution in [0.4, 0.5) is 11.4 Å². The minimum atomic E-state index is -0.0278. The van der Waals surface area contributed by atoms with E-state index < -0.39 is 0 Å². The van der Waals surface area contributed by atoms with Gasteiger partial charge in [0.2, 0.25) is 0 Å². The van der Waals surface area contributed by atoms with Crippen LogP contribution in [-0.4, -0.2) is 5.11 Å². The molecule has 0 atom stereocenters. The summed E-state index contributed by atoms with van der Waals surface area (Å²) in [4.78, 5) is 0. The van der Waals surface area contributed by atoms with Gasteiger partial charge >= 0.3 is 0 Å². The Bertz CT molecular complexity index is 272. The minimum absolute atomic E-state index is 0.0278. The van der Waals surface area contributed by atoms with Crippen LogP contribution in [0.5, 0.6) is 5.75 Å². The van der Waals surface area contributed by atoms with Gasteiger partial charge in [-0.15, -0.1) is 0 Å². The van der Waals surface area contributed by atoms with Gasteiger partial charge in [-0.2, -0.15) is 0 Å². The Morgan fingerprint density at radius 3 is 1.92 bits per heavy atom. The summed E-state index contributed by atoms with van der Waals surface area (Å²) in [6.45, 7) is 3.93. The number of phenolic OH excluding ortho intramolecular Hbond substituents is 1. The fourth-order valence-electron chi connectivity index (χ4n) is 0.969. The maximum atomic E-state index is 9.25. The Balaban J connectivity index is 3.21. The van der Waals surface area contributed by atoms with Gasteiger partial charge in [-0.1, -0.05) is 13.8 Å². The van der Waals surface area contributed by atoms with Gasteiger partial charge in [0.1, 0.15) is 0 Å². The van der Waals surface area contributed by atoms with E-state index in [4.69, 9.17) is 11.5 Å². The normalized spacial score (nSPS) is 10.6. The summed E-state index contributed by atoms with van der Waals surface area (Å²) < 4.78 is 0. The zero-order valence-corrected chi connectivity index (χ0v) is 7.26. The molecule has 0 aliphatic carbocycles. The van der Waals surface area contributed by atoms with E-state index in [-0.39, 0.29) is 5.75 Å². The third-order valence-electron chi connectivity index (χ3n) is 1.75. The molecule has 0 saturated carbocycles. The Hall–Kier alpha value is -1.38. The van der Waals surface area contributed by atoms with Crippen molar-refractivity contribution in [3.8, 4) is 5.75 Å². The second kappa shape index (κ2) is 2.93. The number of aromatic hydroxyl groups is 1. The monoisotopic (exact) mass is 165 g/mol. The lowest BCUT2D eigenvalue weighted by Gasteiger charge is -2.09. The van der Waals surface area contributed by atoms with Crippen molar-refractivity contribution >= 4 is 11.4 Å². The molecule has 3 nitrogen and oxygen atoms in total. The van der Waals surface area contributed by atoms with E-state index in [9.17, 15) is 5.11 Å². The Labute approximate surface area is 72.0 Å². The number of hydrogen-bond donors (Lipinski definition) is 3. The molecule has 0 aliphatic heterocycles. The molecule has 1 aromatic carbocycles. The van der Waals surface area contributed by atoms with Crippen molar-refractivity contribution in [2.24, 2.45) is 0 Å². The maximum absolute atomic E-state index is 9.25. The van der Waals surface area contributed by atoms with E-state index in [2.05, 4.69) is 0 Å². The fourth-order valence-corrected chi connectivity index (χ4v) is 0.969.